The second-order valence-corrected chi connectivity index (χ2v) is 6.67. The first-order valence-electron chi connectivity index (χ1n) is 8.55. The van der Waals surface area contributed by atoms with Crippen molar-refractivity contribution in [3.05, 3.63) is 63.6 Å². The molecule has 0 aromatic heterocycles. The van der Waals surface area contributed by atoms with Crippen molar-refractivity contribution in [1.29, 1.82) is 0 Å². The summed E-state index contributed by atoms with van der Waals surface area (Å²) in [6.07, 6.45) is 4.22. The van der Waals surface area contributed by atoms with Gasteiger partial charge in [-0.1, -0.05) is 49.4 Å². The number of esters is 1. The number of unbranched alkanes of at least 4 members (excludes halogenated alkanes) is 3. The lowest BCUT2D eigenvalue weighted by Gasteiger charge is -2.08. The van der Waals surface area contributed by atoms with E-state index in [1.165, 1.54) is 6.07 Å². The van der Waals surface area contributed by atoms with Gasteiger partial charge in [-0.25, -0.2) is 4.79 Å². The Balaban J connectivity index is 1.89. The Labute approximate surface area is 163 Å². The van der Waals surface area contributed by atoms with Crippen LogP contribution < -0.4 is 5.32 Å². The summed E-state index contributed by atoms with van der Waals surface area (Å²) in [5.41, 5.74) is 1.42. The molecule has 1 N–H and O–H groups in total. The fourth-order valence-electron chi connectivity index (χ4n) is 2.31. The molecule has 2 rings (SSSR count). The molecule has 0 atom stereocenters. The molecular formula is C20H21Cl2NO3. The Morgan fingerprint density at radius 1 is 0.923 bits per heavy atom. The van der Waals surface area contributed by atoms with Crippen molar-refractivity contribution < 1.29 is 14.3 Å². The zero-order valence-corrected chi connectivity index (χ0v) is 16.1. The van der Waals surface area contributed by atoms with Crippen LogP contribution in [0.5, 0.6) is 0 Å². The molecule has 2 aromatic rings. The van der Waals surface area contributed by atoms with Crippen LogP contribution in [0, 0.1) is 0 Å². The number of rotatable bonds is 8. The van der Waals surface area contributed by atoms with E-state index in [0.717, 1.165) is 25.7 Å². The van der Waals surface area contributed by atoms with Crippen molar-refractivity contribution in [3.8, 4) is 0 Å². The van der Waals surface area contributed by atoms with Gasteiger partial charge >= 0.3 is 5.97 Å². The van der Waals surface area contributed by atoms with E-state index in [0.29, 0.717) is 33.5 Å². The Bertz CT molecular complexity index is 760. The van der Waals surface area contributed by atoms with E-state index in [1.54, 1.807) is 36.4 Å². The molecule has 0 fully saturated rings. The fraction of sp³-hybridized carbons (Fsp3) is 0.300. The van der Waals surface area contributed by atoms with Crippen LogP contribution in [-0.4, -0.2) is 18.5 Å². The molecule has 6 heteroatoms. The normalized spacial score (nSPS) is 10.4. The molecular weight excluding hydrogens is 373 g/mol. The lowest BCUT2D eigenvalue weighted by Crippen LogP contribution is -2.12. The average Bonchev–Trinajstić information content (AvgIpc) is 2.64. The van der Waals surface area contributed by atoms with Gasteiger partial charge in [0.25, 0.3) is 5.91 Å². The number of benzene rings is 2. The van der Waals surface area contributed by atoms with Gasteiger partial charge in [0, 0.05) is 11.3 Å². The molecule has 0 heterocycles. The van der Waals surface area contributed by atoms with Crippen molar-refractivity contribution in [3.63, 3.8) is 0 Å². The van der Waals surface area contributed by atoms with E-state index in [4.69, 9.17) is 27.9 Å². The number of hydrogen-bond donors (Lipinski definition) is 1. The Morgan fingerprint density at radius 2 is 1.62 bits per heavy atom. The third kappa shape index (κ3) is 6.04. The highest BCUT2D eigenvalue weighted by atomic mass is 35.5. The van der Waals surface area contributed by atoms with Gasteiger partial charge < -0.3 is 10.1 Å². The van der Waals surface area contributed by atoms with Crippen LogP contribution in [0.1, 0.15) is 53.3 Å². The molecule has 0 saturated carbocycles. The van der Waals surface area contributed by atoms with Crippen molar-refractivity contribution in [1.82, 2.24) is 0 Å². The maximum Gasteiger partial charge on any atom is 0.338 e. The van der Waals surface area contributed by atoms with Crippen LogP contribution in [0.2, 0.25) is 10.0 Å². The van der Waals surface area contributed by atoms with E-state index < -0.39 is 0 Å². The maximum absolute atomic E-state index is 12.2. The molecule has 26 heavy (non-hydrogen) atoms. The van der Waals surface area contributed by atoms with E-state index in [1.807, 2.05) is 0 Å². The van der Waals surface area contributed by atoms with E-state index >= 15 is 0 Å². The molecule has 138 valence electrons. The second-order valence-electron chi connectivity index (χ2n) is 5.86. The molecule has 0 aliphatic carbocycles. The molecule has 0 aliphatic heterocycles. The first kappa shape index (κ1) is 20.3. The zero-order chi connectivity index (χ0) is 18.9. The van der Waals surface area contributed by atoms with Gasteiger partial charge in [-0.2, -0.15) is 0 Å². The lowest BCUT2D eigenvalue weighted by atomic mass is 10.2. The third-order valence-corrected chi connectivity index (χ3v) is 4.53. The number of nitrogens with one attached hydrogen (secondary N) is 1. The molecule has 0 aliphatic rings. The smallest absolute Gasteiger partial charge is 0.338 e. The van der Waals surface area contributed by atoms with E-state index in [-0.39, 0.29) is 11.9 Å². The zero-order valence-electron chi connectivity index (χ0n) is 14.6. The molecule has 1 amide bonds. The van der Waals surface area contributed by atoms with Crippen LogP contribution in [0.25, 0.3) is 0 Å². The Kier molecular flexibility index (Phi) is 7.95. The van der Waals surface area contributed by atoms with Crippen molar-refractivity contribution in [2.45, 2.75) is 32.6 Å². The summed E-state index contributed by atoms with van der Waals surface area (Å²) in [4.78, 5) is 24.2. The van der Waals surface area contributed by atoms with Gasteiger partial charge in [-0.3, -0.25) is 4.79 Å². The predicted octanol–water partition coefficient (Wildman–Crippen LogP) is 5.98. The SMILES string of the molecule is CCCCCCOC(=O)c1ccc(NC(=O)c2ccc(Cl)c(Cl)c2)cc1. The van der Waals surface area contributed by atoms with Gasteiger partial charge in [-0.15, -0.1) is 0 Å². The van der Waals surface area contributed by atoms with Gasteiger partial charge in [0.05, 0.1) is 22.2 Å². The number of halogens is 2. The van der Waals surface area contributed by atoms with E-state index in [2.05, 4.69) is 12.2 Å². The minimum atomic E-state index is -0.358. The highest BCUT2D eigenvalue weighted by Crippen LogP contribution is 2.23. The minimum Gasteiger partial charge on any atom is -0.462 e. The summed E-state index contributed by atoms with van der Waals surface area (Å²) in [7, 11) is 0. The number of ether oxygens (including phenoxy) is 1. The molecule has 0 radical (unpaired) electrons. The Morgan fingerprint density at radius 3 is 2.27 bits per heavy atom. The third-order valence-electron chi connectivity index (χ3n) is 3.79. The van der Waals surface area contributed by atoms with E-state index in [9.17, 15) is 9.59 Å². The monoisotopic (exact) mass is 393 g/mol. The number of amides is 1. The standard InChI is InChI=1S/C20H21Cl2NO3/c1-2-3-4-5-12-26-20(25)14-6-9-16(10-7-14)23-19(24)15-8-11-17(21)18(22)13-15/h6-11,13H,2-5,12H2,1H3,(H,23,24). The number of anilines is 1. The van der Waals surface area contributed by atoms with Gasteiger partial charge in [0.2, 0.25) is 0 Å². The molecule has 0 unspecified atom stereocenters. The first-order chi connectivity index (χ1) is 12.5. The van der Waals surface area contributed by atoms with Crippen LogP contribution in [0.4, 0.5) is 5.69 Å². The largest absolute Gasteiger partial charge is 0.462 e. The van der Waals surface area contributed by atoms with Gasteiger partial charge in [-0.05, 0) is 48.9 Å². The predicted molar refractivity (Wildman–Crippen MR) is 105 cm³/mol. The van der Waals surface area contributed by atoms with Crippen molar-refractivity contribution >= 4 is 40.8 Å². The quantitative estimate of drug-likeness (QED) is 0.442. The van der Waals surface area contributed by atoms with Crippen molar-refractivity contribution in [2.24, 2.45) is 0 Å². The summed E-state index contributed by atoms with van der Waals surface area (Å²) < 4.78 is 5.24. The molecule has 0 spiro atoms. The first-order valence-corrected chi connectivity index (χ1v) is 9.30. The number of carbonyl (C=O) groups is 2. The Hall–Kier alpha value is -2.04. The minimum absolute atomic E-state index is 0.310. The highest BCUT2D eigenvalue weighted by molar-refractivity contribution is 6.42. The topological polar surface area (TPSA) is 55.4 Å². The average molecular weight is 394 g/mol. The van der Waals surface area contributed by atoms with Crippen LogP contribution >= 0.6 is 23.2 Å². The van der Waals surface area contributed by atoms with Crippen LogP contribution in [0.15, 0.2) is 42.5 Å². The lowest BCUT2D eigenvalue weighted by molar-refractivity contribution is 0.0498. The van der Waals surface area contributed by atoms with Crippen LogP contribution in [-0.2, 0) is 4.74 Å². The van der Waals surface area contributed by atoms with Gasteiger partial charge in [0.1, 0.15) is 0 Å². The second kappa shape index (κ2) is 10.2. The molecule has 0 bridgehead atoms. The molecule has 0 saturated heterocycles. The summed E-state index contributed by atoms with van der Waals surface area (Å²) in [6, 6.07) is 11.2. The fourth-order valence-corrected chi connectivity index (χ4v) is 2.61. The van der Waals surface area contributed by atoms with Crippen molar-refractivity contribution in [2.75, 3.05) is 11.9 Å². The summed E-state index contributed by atoms with van der Waals surface area (Å²) >= 11 is 11.8. The summed E-state index contributed by atoms with van der Waals surface area (Å²) in [5.74, 6) is -0.668. The highest BCUT2D eigenvalue weighted by Gasteiger charge is 2.10. The molecule has 2 aromatic carbocycles. The number of hydrogen-bond acceptors (Lipinski definition) is 3. The summed E-state index contributed by atoms with van der Waals surface area (Å²) in [5, 5.41) is 3.45. The van der Waals surface area contributed by atoms with Gasteiger partial charge in [0.15, 0.2) is 0 Å². The maximum atomic E-state index is 12.2. The number of carbonyl (C=O) groups excluding carboxylic acids is 2. The summed E-state index contributed by atoms with van der Waals surface area (Å²) in [6.45, 7) is 2.56. The van der Waals surface area contributed by atoms with Crippen LogP contribution in [0.3, 0.4) is 0 Å². The molecule has 4 nitrogen and oxygen atoms in total.